The summed E-state index contributed by atoms with van der Waals surface area (Å²) in [6.07, 6.45) is 3.95. The maximum absolute atomic E-state index is 3.34. The Hall–Kier alpha value is -0.860. The Labute approximate surface area is 118 Å². The van der Waals surface area contributed by atoms with E-state index in [2.05, 4.69) is 56.4 Å². The predicted molar refractivity (Wildman–Crippen MR) is 82.7 cm³/mol. The molecule has 1 aromatic carbocycles. The van der Waals surface area contributed by atoms with Gasteiger partial charge < -0.3 is 10.2 Å². The van der Waals surface area contributed by atoms with Gasteiger partial charge in [0.05, 0.1) is 0 Å². The maximum atomic E-state index is 3.34. The van der Waals surface area contributed by atoms with Gasteiger partial charge in [0.15, 0.2) is 0 Å². The highest BCUT2D eigenvalue weighted by Gasteiger charge is 2.42. The minimum Gasteiger partial charge on any atom is -0.319 e. The molecule has 2 heteroatoms. The van der Waals surface area contributed by atoms with Crippen molar-refractivity contribution in [2.75, 3.05) is 33.7 Å². The Morgan fingerprint density at radius 1 is 1.26 bits per heavy atom. The van der Waals surface area contributed by atoms with Crippen molar-refractivity contribution >= 4 is 0 Å². The predicted octanol–water partition coefficient (Wildman–Crippen LogP) is 2.78. The van der Waals surface area contributed by atoms with Gasteiger partial charge in [-0.2, -0.15) is 0 Å². The number of nitrogens with zero attached hydrogens (tertiary/aromatic N) is 1. The van der Waals surface area contributed by atoms with Crippen molar-refractivity contribution in [2.45, 2.75) is 33.1 Å². The van der Waals surface area contributed by atoms with Gasteiger partial charge in [0.2, 0.25) is 0 Å². The first-order valence-corrected chi connectivity index (χ1v) is 7.44. The van der Waals surface area contributed by atoms with Crippen molar-refractivity contribution in [3.8, 4) is 0 Å². The standard InChI is InChI=1S/C17H28N2/c1-14-5-6-16(15(2)11-14)7-10-19(4)13-17(8-9-17)12-18-3/h5-6,11,18H,7-10,12-13H2,1-4H3. The molecule has 1 N–H and O–H groups in total. The van der Waals surface area contributed by atoms with E-state index in [-0.39, 0.29) is 0 Å². The molecule has 1 saturated carbocycles. The van der Waals surface area contributed by atoms with E-state index in [0.717, 1.165) is 13.0 Å². The average molecular weight is 260 g/mol. The van der Waals surface area contributed by atoms with Crippen molar-refractivity contribution < 1.29 is 0 Å². The fraction of sp³-hybridized carbons (Fsp3) is 0.647. The van der Waals surface area contributed by atoms with E-state index in [1.807, 2.05) is 0 Å². The van der Waals surface area contributed by atoms with Crippen LogP contribution in [0.4, 0.5) is 0 Å². The molecule has 0 bridgehead atoms. The van der Waals surface area contributed by atoms with Crippen molar-refractivity contribution in [1.29, 1.82) is 0 Å². The molecule has 0 spiro atoms. The first-order valence-electron chi connectivity index (χ1n) is 7.44. The summed E-state index contributed by atoms with van der Waals surface area (Å²) >= 11 is 0. The normalized spacial score (nSPS) is 16.9. The summed E-state index contributed by atoms with van der Waals surface area (Å²) in [5.41, 5.74) is 4.87. The van der Waals surface area contributed by atoms with Gasteiger partial charge in [0, 0.05) is 19.6 Å². The minimum atomic E-state index is 0.575. The number of aryl methyl sites for hydroxylation is 2. The lowest BCUT2D eigenvalue weighted by molar-refractivity contribution is 0.262. The number of nitrogens with one attached hydrogen (secondary N) is 1. The molecule has 1 aromatic rings. The third-order valence-electron chi connectivity index (χ3n) is 4.38. The van der Waals surface area contributed by atoms with Gasteiger partial charge in [-0.3, -0.25) is 0 Å². The zero-order chi connectivity index (χ0) is 13.9. The number of hydrogen-bond acceptors (Lipinski definition) is 2. The highest BCUT2D eigenvalue weighted by atomic mass is 15.1. The third-order valence-corrected chi connectivity index (χ3v) is 4.38. The summed E-state index contributed by atoms with van der Waals surface area (Å²) in [5, 5.41) is 3.34. The lowest BCUT2D eigenvalue weighted by atomic mass is 10.0. The zero-order valence-corrected chi connectivity index (χ0v) is 12.9. The molecule has 0 unspecified atom stereocenters. The Morgan fingerprint density at radius 2 is 2.00 bits per heavy atom. The highest BCUT2D eigenvalue weighted by Crippen LogP contribution is 2.45. The maximum Gasteiger partial charge on any atom is 0.00472 e. The smallest absolute Gasteiger partial charge is 0.00472 e. The van der Waals surface area contributed by atoms with Crippen LogP contribution in [0.25, 0.3) is 0 Å². The Balaban J connectivity index is 1.81. The molecule has 1 aliphatic rings. The van der Waals surface area contributed by atoms with Crippen molar-refractivity contribution in [2.24, 2.45) is 5.41 Å². The molecule has 0 heterocycles. The molecular formula is C17H28N2. The lowest BCUT2D eigenvalue weighted by Gasteiger charge is -2.23. The Kier molecular flexibility index (Phi) is 4.64. The van der Waals surface area contributed by atoms with Gasteiger partial charge >= 0.3 is 0 Å². The number of hydrogen-bond donors (Lipinski definition) is 1. The van der Waals surface area contributed by atoms with E-state index in [9.17, 15) is 0 Å². The summed E-state index contributed by atoms with van der Waals surface area (Å²) in [4.78, 5) is 2.50. The average Bonchev–Trinajstić information content (AvgIpc) is 3.08. The first-order chi connectivity index (χ1) is 9.04. The van der Waals surface area contributed by atoms with Crippen LogP contribution in [0.3, 0.4) is 0 Å². The molecule has 2 nitrogen and oxygen atoms in total. The summed E-state index contributed by atoms with van der Waals surface area (Å²) in [6, 6.07) is 6.81. The van der Waals surface area contributed by atoms with Crippen LogP contribution in [0, 0.1) is 19.3 Å². The van der Waals surface area contributed by atoms with E-state index in [4.69, 9.17) is 0 Å². The van der Waals surface area contributed by atoms with E-state index in [1.54, 1.807) is 0 Å². The monoisotopic (exact) mass is 260 g/mol. The fourth-order valence-electron chi connectivity index (χ4n) is 3.03. The number of rotatable bonds is 7. The van der Waals surface area contributed by atoms with E-state index in [0.29, 0.717) is 5.41 Å². The number of benzene rings is 1. The molecule has 0 radical (unpaired) electrons. The topological polar surface area (TPSA) is 15.3 Å². The summed E-state index contributed by atoms with van der Waals surface area (Å²) < 4.78 is 0. The molecule has 19 heavy (non-hydrogen) atoms. The summed E-state index contributed by atoms with van der Waals surface area (Å²) in [6.45, 7) is 7.96. The second-order valence-electron chi connectivity index (χ2n) is 6.45. The summed E-state index contributed by atoms with van der Waals surface area (Å²) in [5.74, 6) is 0. The van der Waals surface area contributed by atoms with Crippen LogP contribution in [-0.2, 0) is 6.42 Å². The summed E-state index contributed by atoms with van der Waals surface area (Å²) in [7, 11) is 4.33. The molecule has 106 valence electrons. The van der Waals surface area contributed by atoms with Crippen molar-refractivity contribution in [3.63, 3.8) is 0 Å². The van der Waals surface area contributed by atoms with Crippen LogP contribution in [0.2, 0.25) is 0 Å². The Morgan fingerprint density at radius 3 is 2.58 bits per heavy atom. The van der Waals surface area contributed by atoms with Crippen LogP contribution < -0.4 is 5.32 Å². The molecule has 0 atom stereocenters. The zero-order valence-electron chi connectivity index (χ0n) is 12.9. The van der Waals surface area contributed by atoms with E-state index in [1.165, 1.54) is 42.6 Å². The molecule has 2 rings (SSSR count). The largest absolute Gasteiger partial charge is 0.319 e. The molecule has 0 amide bonds. The van der Waals surface area contributed by atoms with Crippen molar-refractivity contribution in [1.82, 2.24) is 10.2 Å². The van der Waals surface area contributed by atoms with Gasteiger partial charge in [-0.15, -0.1) is 0 Å². The molecule has 0 saturated heterocycles. The van der Waals surface area contributed by atoms with E-state index >= 15 is 0 Å². The van der Waals surface area contributed by atoms with Crippen LogP contribution >= 0.6 is 0 Å². The molecule has 1 aliphatic carbocycles. The van der Waals surface area contributed by atoms with Gasteiger partial charge in [-0.25, -0.2) is 0 Å². The Bertz CT molecular complexity index is 421. The van der Waals surface area contributed by atoms with Gasteiger partial charge in [-0.1, -0.05) is 23.8 Å². The first kappa shape index (κ1) is 14.5. The molecule has 0 aromatic heterocycles. The van der Waals surface area contributed by atoms with Crippen LogP contribution in [0.5, 0.6) is 0 Å². The molecule has 0 aliphatic heterocycles. The molecular weight excluding hydrogens is 232 g/mol. The third kappa shape index (κ3) is 4.05. The van der Waals surface area contributed by atoms with Crippen LogP contribution in [-0.4, -0.2) is 38.6 Å². The highest BCUT2D eigenvalue weighted by molar-refractivity contribution is 5.30. The minimum absolute atomic E-state index is 0.575. The lowest BCUT2D eigenvalue weighted by Crippen LogP contribution is -2.34. The van der Waals surface area contributed by atoms with Gasteiger partial charge in [0.1, 0.15) is 0 Å². The van der Waals surface area contributed by atoms with Crippen LogP contribution in [0.15, 0.2) is 18.2 Å². The van der Waals surface area contributed by atoms with Gasteiger partial charge in [-0.05, 0) is 63.7 Å². The fourth-order valence-corrected chi connectivity index (χ4v) is 3.03. The second-order valence-corrected chi connectivity index (χ2v) is 6.45. The van der Waals surface area contributed by atoms with Crippen molar-refractivity contribution in [3.05, 3.63) is 34.9 Å². The molecule has 1 fully saturated rings. The van der Waals surface area contributed by atoms with Gasteiger partial charge in [0.25, 0.3) is 0 Å². The SMILES string of the molecule is CNCC1(CN(C)CCc2ccc(C)cc2C)CC1. The number of likely N-dealkylation sites (N-methyl/N-ethyl adjacent to an activating group) is 1. The second kappa shape index (κ2) is 6.06. The van der Waals surface area contributed by atoms with E-state index < -0.39 is 0 Å². The van der Waals surface area contributed by atoms with Crippen LogP contribution in [0.1, 0.15) is 29.5 Å². The quantitative estimate of drug-likeness (QED) is 0.811.